The number of carbonyl (C=O) groups is 1. The molecule has 5 rings (SSSR count). The predicted octanol–water partition coefficient (Wildman–Crippen LogP) is 3.19. The van der Waals surface area contributed by atoms with Crippen LogP contribution in [0.15, 0.2) is 30.6 Å². The summed E-state index contributed by atoms with van der Waals surface area (Å²) in [5.41, 5.74) is 9.96. The zero-order valence-electron chi connectivity index (χ0n) is 16.2. The van der Waals surface area contributed by atoms with E-state index in [9.17, 15) is 9.90 Å². The molecule has 8 heteroatoms. The molecule has 0 atom stereocenters. The van der Waals surface area contributed by atoms with Gasteiger partial charge in [-0.25, -0.2) is 14.5 Å². The van der Waals surface area contributed by atoms with Crippen LogP contribution in [0.5, 0.6) is 0 Å². The normalized spacial score (nSPS) is 19.2. The van der Waals surface area contributed by atoms with Gasteiger partial charge in [0.1, 0.15) is 23.4 Å². The molecule has 30 heavy (non-hydrogen) atoms. The van der Waals surface area contributed by atoms with Crippen LogP contribution in [-0.2, 0) is 4.79 Å². The number of terminal acetylenes is 1. The van der Waals surface area contributed by atoms with Gasteiger partial charge in [0, 0.05) is 16.9 Å². The van der Waals surface area contributed by atoms with Crippen LogP contribution in [0, 0.1) is 18.3 Å². The van der Waals surface area contributed by atoms with Gasteiger partial charge >= 0.3 is 5.97 Å². The molecular weight excluding hydrogens is 380 g/mol. The van der Waals surface area contributed by atoms with Gasteiger partial charge in [-0.1, -0.05) is 18.1 Å². The Morgan fingerprint density at radius 2 is 2.10 bits per heavy atom. The van der Waals surface area contributed by atoms with Crippen LogP contribution in [0.3, 0.4) is 0 Å². The minimum absolute atomic E-state index is 0.113. The van der Waals surface area contributed by atoms with Gasteiger partial charge in [-0.05, 0) is 37.8 Å². The first-order valence-electron chi connectivity index (χ1n) is 9.87. The standard InChI is InChI=1S/C22H20N6O2/c1-2-12-4-3-5-15-10-16(26-17(12)15)18-19-20(23)24-11-25-28(19)21(27-18)13-6-8-14(9-7-13)22(29)30/h1,3-5,10-11,13-14,26H,6-9H2,(H,29,30)(H2,23,24,25). The molecular formula is C22H20N6O2. The van der Waals surface area contributed by atoms with Gasteiger partial charge in [-0.2, -0.15) is 5.10 Å². The van der Waals surface area contributed by atoms with Crippen LogP contribution < -0.4 is 5.73 Å². The molecule has 4 N–H and O–H groups in total. The highest BCUT2D eigenvalue weighted by molar-refractivity contribution is 5.93. The largest absolute Gasteiger partial charge is 0.481 e. The highest BCUT2D eigenvalue weighted by Gasteiger charge is 2.31. The van der Waals surface area contributed by atoms with Crippen LogP contribution in [0.4, 0.5) is 5.82 Å². The van der Waals surface area contributed by atoms with Crippen molar-refractivity contribution in [2.24, 2.45) is 5.92 Å². The molecule has 8 nitrogen and oxygen atoms in total. The number of nitrogens with two attached hydrogens (primary N) is 1. The van der Waals surface area contributed by atoms with Crippen molar-refractivity contribution in [3.63, 3.8) is 0 Å². The van der Waals surface area contributed by atoms with E-state index in [4.69, 9.17) is 17.1 Å². The number of H-pyrrole nitrogens is 1. The lowest BCUT2D eigenvalue weighted by Crippen LogP contribution is -2.21. The van der Waals surface area contributed by atoms with Crippen LogP contribution in [0.25, 0.3) is 27.8 Å². The maximum Gasteiger partial charge on any atom is 0.306 e. The molecule has 3 heterocycles. The molecule has 0 amide bonds. The average molecular weight is 400 g/mol. The summed E-state index contributed by atoms with van der Waals surface area (Å²) in [6, 6.07) is 7.79. The summed E-state index contributed by atoms with van der Waals surface area (Å²) in [5, 5.41) is 14.7. The maximum absolute atomic E-state index is 11.3. The number of para-hydroxylation sites is 1. The Morgan fingerprint density at radius 1 is 1.30 bits per heavy atom. The molecule has 0 unspecified atom stereocenters. The summed E-state index contributed by atoms with van der Waals surface area (Å²) in [7, 11) is 0. The number of aromatic amines is 1. The number of nitrogen functional groups attached to an aromatic ring is 1. The molecule has 3 aromatic heterocycles. The highest BCUT2D eigenvalue weighted by Crippen LogP contribution is 2.38. The van der Waals surface area contributed by atoms with Gasteiger partial charge in [-0.15, -0.1) is 6.42 Å². The lowest BCUT2D eigenvalue weighted by atomic mass is 9.82. The third kappa shape index (κ3) is 2.78. The quantitative estimate of drug-likeness (QED) is 0.454. The summed E-state index contributed by atoms with van der Waals surface area (Å²) in [6.45, 7) is 0. The van der Waals surface area contributed by atoms with E-state index >= 15 is 0 Å². The number of rotatable bonds is 3. The molecule has 1 fully saturated rings. The number of fused-ring (bicyclic) bond motifs is 2. The fourth-order valence-electron chi connectivity index (χ4n) is 4.43. The summed E-state index contributed by atoms with van der Waals surface area (Å²) >= 11 is 0. The van der Waals surface area contributed by atoms with E-state index in [0.717, 1.165) is 40.8 Å². The third-order valence-corrected chi connectivity index (χ3v) is 5.99. The first-order valence-corrected chi connectivity index (χ1v) is 9.87. The molecule has 1 aromatic carbocycles. The fraction of sp³-hybridized carbons (Fsp3) is 0.273. The van der Waals surface area contributed by atoms with E-state index in [-0.39, 0.29) is 11.8 Å². The molecule has 1 aliphatic carbocycles. The number of anilines is 1. The van der Waals surface area contributed by atoms with E-state index in [1.807, 2.05) is 24.3 Å². The second-order valence-corrected chi connectivity index (χ2v) is 7.71. The number of aliphatic carboxylic acids is 1. The number of aromatic nitrogens is 5. The van der Waals surface area contributed by atoms with E-state index < -0.39 is 5.97 Å². The molecule has 150 valence electrons. The Kier molecular flexibility index (Phi) is 4.17. The number of hydrogen-bond acceptors (Lipinski definition) is 5. The minimum atomic E-state index is -0.726. The van der Waals surface area contributed by atoms with Crippen LogP contribution in [0.2, 0.25) is 0 Å². The number of imidazole rings is 1. The van der Waals surface area contributed by atoms with E-state index in [2.05, 4.69) is 21.0 Å². The second kappa shape index (κ2) is 6.88. The fourth-order valence-corrected chi connectivity index (χ4v) is 4.43. The number of nitrogens with one attached hydrogen (secondary N) is 1. The highest BCUT2D eigenvalue weighted by atomic mass is 16.4. The molecule has 0 spiro atoms. The van der Waals surface area contributed by atoms with Crippen LogP contribution in [-0.4, -0.2) is 35.6 Å². The van der Waals surface area contributed by atoms with Crippen molar-refractivity contribution >= 4 is 28.2 Å². The Bertz CT molecular complexity index is 1320. The zero-order valence-corrected chi connectivity index (χ0v) is 16.2. The Morgan fingerprint density at radius 3 is 2.83 bits per heavy atom. The molecule has 1 aliphatic rings. The Balaban J connectivity index is 1.64. The van der Waals surface area contributed by atoms with Crippen molar-refractivity contribution in [1.29, 1.82) is 0 Å². The smallest absolute Gasteiger partial charge is 0.306 e. The Labute approximate surface area is 172 Å². The summed E-state index contributed by atoms with van der Waals surface area (Å²) < 4.78 is 1.75. The van der Waals surface area contributed by atoms with Crippen molar-refractivity contribution in [2.75, 3.05) is 5.73 Å². The number of nitrogens with zero attached hydrogens (tertiary/aromatic N) is 4. The van der Waals surface area contributed by atoms with Crippen molar-refractivity contribution in [3.8, 4) is 23.7 Å². The molecule has 1 saturated carbocycles. The molecule has 4 aromatic rings. The minimum Gasteiger partial charge on any atom is -0.481 e. The number of hydrogen-bond donors (Lipinski definition) is 3. The van der Waals surface area contributed by atoms with E-state index in [0.29, 0.717) is 29.9 Å². The lowest BCUT2D eigenvalue weighted by molar-refractivity contribution is -0.142. The first-order chi connectivity index (χ1) is 14.6. The van der Waals surface area contributed by atoms with Crippen LogP contribution in [0.1, 0.15) is 43.0 Å². The Hall–Kier alpha value is -3.86. The van der Waals surface area contributed by atoms with Gasteiger partial charge in [-0.3, -0.25) is 4.79 Å². The van der Waals surface area contributed by atoms with Gasteiger partial charge in [0.05, 0.1) is 17.1 Å². The molecule has 0 saturated heterocycles. The van der Waals surface area contributed by atoms with Crippen molar-refractivity contribution in [1.82, 2.24) is 24.6 Å². The molecule has 0 aliphatic heterocycles. The van der Waals surface area contributed by atoms with Gasteiger partial charge in [0.15, 0.2) is 5.82 Å². The summed E-state index contributed by atoms with van der Waals surface area (Å²) in [5.74, 6) is 2.92. The van der Waals surface area contributed by atoms with Crippen molar-refractivity contribution in [2.45, 2.75) is 31.6 Å². The van der Waals surface area contributed by atoms with Gasteiger partial charge < -0.3 is 15.8 Å². The lowest BCUT2D eigenvalue weighted by Gasteiger charge is -2.24. The third-order valence-electron chi connectivity index (χ3n) is 5.99. The van der Waals surface area contributed by atoms with Crippen molar-refractivity contribution in [3.05, 3.63) is 42.0 Å². The monoisotopic (exact) mass is 400 g/mol. The average Bonchev–Trinajstić information content (AvgIpc) is 3.36. The number of carboxylic acids is 1. The van der Waals surface area contributed by atoms with E-state index in [1.165, 1.54) is 6.33 Å². The topological polar surface area (TPSA) is 122 Å². The maximum atomic E-state index is 11.3. The SMILES string of the molecule is C#Cc1cccc2cc(-c3nc(C4CCC(C(=O)O)CC4)n4ncnc(N)c34)[nH]c12. The first kappa shape index (κ1) is 18.2. The molecule has 0 bridgehead atoms. The van der Waals surface area contributed by atoms with Crippen molar-refractivity contribution < 1.29 is 9.90 Å². The molecule has 0 radical (unpaired) electrons. The van der Waals surface area contributed by atoms with E-state index in [1.54, 1.807) is 4.52 Å². The van der Waals surface area contributed by atoms with Gasteiger partial charge in [0.2, 0.25) is 0 Å². The summed E-state index contributed by atoms with van der Waals surface area (Å²) in [6.07, 6.45) is 9.80. The second-order valence-electron chi connectivity index (χ2n) is 7.71. The predicted molar refractivity (Wildman–Crippen MR) is 113 cm³/mol. The summed E-state index contributed by atoms with van der Waals surface area (Å²) in [4.78, 5) is 23.8. The number of carboxylic acid groups (broad SMARTS) is 1. The number of benzene rings is 1. The van der Waals surface area contributed by atoms with Gasteiger partial charge in [0.25, 0.3) is 0 Å². The van der Waals surface area contributed by atoms with Crippen LogP contribution >= 0.6 is 0 Å². The zero-order chi connectivity index (χ0) is 20.8.